The number of rotatable bonds is 4. The molecule has 84 valence electrons. The Morgan fingerprint density at radius 1 is 1.31 bits per heavy atom. The van der Waals surface area contributed by atoms with Crippen LogP contribution in [-0.2, 0) is 0 Å². The number of nitrogens with zero attached hydrogens (tertiary/aromatic N) is 3. The lowest BCUT2D eigenvalue weighted by molar-refractivity contribution is 0.477. The number of nitrogens with one attached hydrogen (secondary N) is 2. The van der Waals surface area contributed by atoms with E-state index in [1.807, 2.05) is 19.2 Å². The van der Waals surface area contributed by atoms with Crippen molar-refractivity contribution in [1.29, 1.82) is 0 Å². The standard InChI is InChI=1S/C11H15N5/c1-8(10-4-3-5-12-6-10)15-9(2)11-13-7-14-16-11/h3-9,15H,1-2H3,(H,13,14,16). The molecule has 0 aliphatic rings. The van der Waals surface area contributed by atoms with Crippen molar-refractivity contribution >= 4 is 0 Å². The maximum absolute atomic E-state index is 4.12. The Morgan fingerprint density at radius 2 is 2.19 bits per heavy atom. The number of hydrogen-bond donors (Lipinski definition) is 2. The molecule has 0 spiro atoms. The van der Waals surface area contributed by atoms with Gasteiger partial charge in [0.25, 0.3) is 0 Å². The van der Waals surface area contributed by atoms with Gasteiger partial charge in [0, 0.05) is 18.4 Å². The first-order chi connectivity index (χ1) is 7.77. The Labute approximate surface area is 94.3 Å². The minimum atomic E-state index is 0.137. The molecule has 2 atom stereocenters. The van der Waals surface area contributed by atoms with Crippen LogP contribution in [0.5, 0.6) is 0 Å². The van der Waals surface area contributed by atoms with Crippen molar-refractivity contribution in [3.8, 4) is 0 Å². The summed E-state index contributed by atoms with van der Waals surface area (Å²) in [6.07, 6.45) is 5.16. The first-order valence-corrected chi connectivity index (χ1v) is 5.28. The van der Waals surface area contributed by atoms with E-state index in [4.69, 9.17) is 0 Å². The molecule has 2 aromatic rings. The first kappa shape index (κ1) is 10.8. The third-order valence-corrected chi connectivity index (χ3v) is 2.53. The zero-order valence-electron chi connectivity index (χ0n) is 9.38. The molecule has 5 nitrogen and oxygen atoms in total. The second kappa shape index (κ2) is 4.85. The largest absolute Gasteiger partial charge is 0.301 e. The number of hydrogen-bond acceptors (Lipinski definition) is 4. The average molecular weight is 217 g/mol. The van der Waals surface area contributed by atoms with Crippen molar-refractivity contribution in [2.45, 2.75) is 25.9 Å². The summed E-state index contributed by atoms with van der Waals surface area (Å²) in [5.74, 6) is 0.843. The van der Waals surface area contributed by atoms with Crippen LogP contribution in [0.15, 0.2) is 30.9 Å². The van der Waals surface area contributed by atoms with E-state index < -0.39 is 0 Å². The van der Waals surface area contributed by atoms with Crippen LogP contribution in [0.4, 0.5) is 0 Å². The van der Waals surface area contributed by atoms with Crippen LogP contribution in [0.1, 0.15) is 37.3 Å². The molecule has 0 fully saturated rings. The Bertz CT molecular complexity index is 411. The molecule has 0 saturated heterocycles. The van der Waals surface area contributed by atoms with Crippen molar-refractivity contribution in [3.05, 3.63) is 42.2 Å². The van der Waals surface area contributed by atoms with Gasteiger partial charge in [-0.1, -0.05) is 6.07 Å². The molecule has 2 unspecified atom stereocenters. The maximum atomic E-state index is 4.12. The molecular weight excluding hydrogens is 202 g/mol. The fourth-order valence-corrected chi connectivity index (χ4v) is 1.61. The van der Waals surface area contributed by atoms with Crippen molar-refractivity contribution in [2.75, 3.05) is 0 Å². The van der Waals surface area contributed by atoms with Gasteiger partial charge in [0.1, 0.15) is 12.2 Å². The Kier molecular flexibility index (Phi) is 3.26. The Balaban J connectivity index is 2.00. The van der Waals surface area contributed by atoms with Gasteiger partial charge < -0.3 is 5.32 Å². The van der Waals surface area contributed by atoms with Gasteiger partial charge in [-0.15, -0.1) is 0 Å². The smallest absolute Gasteiger partial charge is 0.141 e. The predicted molar refractivity (Wildman–Crippen MR) is 60.6 cm³/mol. The van der Waals surface area contributed by atoms with Crippen molar-refractivity contribution in [3.63, 3.8) is 0 Å². The molecule has 2 N–H and O–H groups in total. The van der Waals surface area contributed by atoms with E-state index in [0.717, 1.165) is 11.4 Å². The van der Waals surface area contributed by atoms with E-state index in [1.165, 1.54) is 6.33 Å². The maximum Gasteiger partial charge on any atom is 0.141 e. The second-order valence-electron chi connectivity index (χ2n) is 3.77. The van der Waals surface area contributed by atoms with Crippen molar-refractivity contribution in [1.82, 2.24) is 25.5 Å². The number of aromatic nitrogens is 4. The molecule has 0 bridgehead atoms. The minimum Gasteiger partial charge on any atom is -0.301 e. The van der Waals surface area contributed by atoms with Gasteiger partial charge in [0.2, 0.25) is 0 Å². The van der Waals surface area contributed by atoms with E-state index in [0.29, 0.717) is 0 Å². The van der Waals surface area contributed by atoms with Gasteiger partial charge in [-0.25, -0.2) is 4.98 Å². The predicted octanol–water partition coefficient (Wildman–Crippen LogP) is 1.61. The molecule has 5 heteroatoms. The number of pyridine rings is 1. The highest BCUT2D eigenvalue weighted by atomic mass is 15.2. The van der Waals surface area contributed by atoms with E-state index in [2.05, 4.69) is 38.5 Å². The number of H-pyrrole nitrogens is 1. The van der Waals surface area contributed by atoms with Gasteiger partial charge >= 0.3 is 0 Å². The Morgan fingerprint density at radius 3 is 2.81 bits per heavy atom. The van der Waals surface area contributed by atoms with Gasteiger partial charge in [-0.05, 0) is 25.5 Å². The van der Waals surface area contributed by atoms with Crippen LogP contribution in [0, 0.1) is 0 Å². The molecule has 0 saturated carbocycles. The highest BCUT2D eigenvalue weighted by Crippen LogP contribution is 2.15. The van der Waals surface area contributed by atoms with Gasteiger partial charge in [-0.2, -0.15) is 5.10 Å². The summed E-state index contributed by atoms with van der Waals surface area (Å²) >= 11 is 0. The fraction of sp³-hybridized carbons (Fsp3) is 0.364. The highest BCUT2D eigenvalue weighted by molar-refractivity contribution is 5.13. The summed E-state index contributed by atoms with van der Waals surface area (Å²) in [6.45, 7) is 4.15. The summed E-state index contributed by atoms with van der Waals surface area (Å²) in [6, 6.07) is 4.36. The third-order valence-electron chi connectivity index (χ3n) is 2.53. The van der Waals surface area contributed by atoms with Crippen LogP contribution in [0.25, 0.3) is 0 Å². The zero-order valence-corrected chi connectivity index (χ0v) is 9.38. The van der Waals surface area contributed by atoms with Crippen molar-refractivity contribution < 1.29 is 0 Å². The quantitative estimate of drug-likeness (QED) is 0.816. The minimum absolute atomic E-state index is 0.137. The zero-order chi connectivity index (χ0) is 11.4. The van der Waals surface area contributed by atoms with Gasteiger partial charge in [0.05, 0.1) is 6.04 Å². The lowest BCUT2D eigenvalue weighted by atomic mass is 10.1. The van der Waals surface area contributed by atoms with E-state index in [9.17, 15) is 0 Å². The molecule has 0 aromatic carbocycles. The van der Waals surface area contributed by atoms with E-state index >= 15 is 0 Å². The summed E-state index contributed by atoms with van der Waals surface area (Å²) in [5, 5.41) is 10.1. The van der Waals surface area contributed by atoms with Crippen LogP contribution in [-0.4, -0.2) is 20.2 Å². The van der Waals surface area contributed by atoms with Crippen LogP contribution in [0.3, 0.4) is 0 Å². The van der Waals surface area contributed by atoms with Crippen LogP contribution in [0.2, 0.25) is 0 Å². The molecule has 2 aromatic heterocycles. The van der Waals surface area contributed by atoms with E-state index in [-0.39, 0.29) is 12.1 Å². The summed E-state index contributed by atoms with van der Waals surface area (Å²) in [4.78, 5) is 8.22. The van der Waals surface area contributed by atoms with Crippen molar-refractivity contribution in [2.24, 2.45) is 0 Å². The summed E-state index contributed by atoms with van der Waals surface area (Å²) < 4.78 is 0. The second-order valence-corrected chi connectivity index (χ2v) is 3.77. The lowest BCUT2D eigenvalue weighted by Gasteiger charge is -2.18. The van der Waals surface area contributed by atoms with Gasteiger partial charge in [-0.3, -0.25) is 10.1 Å². The van der Waals surface area contributed by atoms with E-state index in [1.54, 1.807) is 6.20 Å². The molecule has 16 heavy (non-hydrogen) atoms. The highest BCUT2D eigenvalue weighted by Gasteiger charge is 2.12. The molecule has 0 radical (unpaired) electrons. The van der Waals surface area contributed by atoms with Crippen LogP contribution >= 0.6 is 0 Å². The van der Waals surface area contributed by atoms with Gasteiger partial charge in [0.15, 0.2) is 0 Å². The molecule has 2 heterocycles. The molecule has 2 rings (SSSR count). The Hall–Kier alpha value is -1.75. The normalized spacial score (nSPS) is 14.6. The molecule has 0 amide bonds. The van der Waals surface area contributed by atoms with Crippen LogP contribution < -0.4 is 5.32 Å². The summed E-state index contributed by atoms with van der Waals surface area (Å²) in [7, 11) is 0. The average Bonchev–Trinajstić information content (AvgIpc) is 2.83. The third kappa shape index (κ3) is 2.43. The summed E-state index contributed by atoms with van der Waals surface area (Å²) in [5.41, 5.74) is 1.16. The SMILES string of the molecule is CC(NC(C)c1ncn[nH]1)c1cccnc1. The fourth-order valence-electron chi connectivity index (χ4n) is 1.61. The topological polar surface area (TPSA) is 66.5 Å². The molecular formula is C11H15N5. The monoisotopic (exact) mass is 217 g/mol. The lowest BCUT2D eigenvalue weighted by Crippen LogP contribution is -2.23. The first-order valence-electron chi connectivity index (χ1n) is 5.28. The number of aromatic amines is 1. The molecule has 0 aliphatic heterocycles. The molecule has 0 aliphatic carbocycles.